The van der Waals surface area contributed by atoms with Crippen molar-refractivity contribution in [3.8, 4) is 10.6 Å². The van der Waals surface area contributed by atoms with Crippen LogP contribution in [0.4, 0.5) is 5.82 Å². The highest BCUT2D eigenvalue weighted by Crippen LogP contribution is 2.33. The molecular formula is C13H16BrN3S. The second-order valence-corrected chi connectivity index (χ2v) is 6.05. The van der Waals surface area contributed by atoms with E-state index in [-0.39, 0.29) is 0 Å². The van der Waals surface area contributed by atoms with E-state index in [0.29, 0.717) is 5.92 Å². The number of anilines is 1. The molecular weight excluding hydrogens is 310 g/mol. The van der Waals surface area contributed by atoms with Crippen LogP contribution in [-0.2, 0) is 0 Å². The van der Waals surface area contributed by atoms with Crippen LogP contribution in [0.2, 0.25) is 0 Å². The van der Waals surface area contributed by atoms with Gasteiger partial charge in [0.1, 0.15) is 11.6 Å². The van der Waals surface area contributed by atoms with Gasteiger partial charge in [0.25, 0.3) is 0 Å². The summed E-state index contributed by atoms with van der Waals surface area (Å²) in [4.78, 5) is 10.3. The Bertz CT molecular complexity index is 537. The second kappa shape index (κ2) is 5.80. The zero-order valence-electron chi connectivity index (χ0n) is 10.7. The van der Waals surface area contributed by atoms with Gasteiger partial charge in [-0.05, 0) is 34.3 Å². The standard InChI is InChI=1S/C13H16BrN3S/c1-4-15-11-7-10(12-9(14)5-6-18-12)16-13(17-11)8(2)3/h5-8H,4H2,1-3H3,(H,15,16,17). The van der Waals surface area contributed by atoms with Gasteiger partial charge in [-0.3, -0.25) is 0 Å². The number of hydrogen-bond donors (Lipinski definition) is 1. The van der Waals surface area contributed by atoms with Crippen LogP contribution in [0.15, 0.2) is 22.0 Å². The van der Waals surface area contributed by atoms with Crippen LogP contribution in [0.3, 0.4) is 0 Å². The Morgan fingerprint density at radius 1 is 1.39 bits per heavy atom. The normalized spacial score (nSPS) is 10.9. The van der Waals surface area contributed by atoms with Gasteiger partial charge in [0.15, 0.2) is 0 Å². The number of halogens is 1. The van der Waals surface area contributed by atoms with Crippen molar-refractivity contribution in [3.05, 3.63) is 27.8 Å². The Balaban J connectivity index is 2.50. The van der Waals surface area contributed by atoms with Crippen molar-refractivity contribution in [3.63, 3.8) is 0 Å². The predicted octanol–water partition coefficient (Wildman–Crippen LogP) is 4.52. The van der Waals surface area contributed by atoms with Crippen molar-refractivity contribution in [2.24, 2.45) is 0 Å². The second-order valence-electron chi connectivity index (χ2n) is 4.28. The van der Waals surface area contributed by atoms with Crippen molar-refractivity contribution in [2.75, 3.05) is 11.9 Å². The Morgan fingerprint density at radius 3 is 2.72 bits per heavy atom. The monoisotopic (exact) mass is 325 g/mol. The third-order valence-corrected chi connectivity index (χ3v) is 4.33. The quantitative estimate of drug-likeness (QED) is 0.897. The number of hydrogen-bond acceptors (Lipinski definition) is 4. The molecule has 2 heterocycles. The lowest BCUT2D eigenvalue weighted by Gasteiger charge is -2.10. The van der Waals surface area contributed by atoms with Crippen molar-refractivity contribution in [2.45, 2.75) is 26.7 Å². The summed E-state index contributed by atoms with van der Waals surface area (Å²) in [5.74, 6) is 2.09. The molecule has 0 aliphatic heterocycles. The Hall–Kier alpha value is -0.940. The summed E-state index contributed by atoms with van der Waals surface area (Å²) in [6, 6.07) is 4.05. The molecule has 96 valence electrons. The average Bonchev–Trinajstić information content (AvgIpc) is 2.75. The molecule has 0 amide bonds. The first-order valence-electron chi connectivity index (χ1n) is 5.98. The number of nitrogens with one attached hydrogen (secondary N) is 1. The van der Waals surface area contributed by atoms with Gasteiger partial charge in [-0.15, -0.1) is 11.3 Å². The topological polar surface area (TPSA) is 37.8 Å². The fraction of sp³-hybridized carbons (Fsp3) is 0.385. The minimum atomic E-state index is 0.320. The van der Waals surface area contributed by atoms with Crippen LogP contribution in [0, 0.1) is 0 Å². The lowest BCUT2D eigenvalue weighted by atomic mass is 10.2. The zero-order chi connectivity index (χ0) is 13.1. The molecule has 0 aliphatic rings. The molecule has 0 bridgehead atoms. The summed E-state index contributed by atoms with van der Waals surface area (Å²) in [6.45, 7) is 7.15. The number of rotatable bonds is 4. The lowest BCUT2D eigenvalue weighted by Crippen LogP contribution is -2.05. The molecule has 0 unspecified atom stereocenters. The van der Waals surface area contributed by atoms with Gasteiger partial charge in [-0.2, -0.15) is 0 Å². The lowest BCUT2D eigenvalue weighted by molar-refractivity contribution is 0.777. The molecule has 18 heavy (non-hydrogen) atoms. The summed E-state index contributed by atoms with van der Waals surface area (Å²) in [6.07, 6.45) is 0. The van der Waals surface area contributed by atoms with E-state index >= 15 is 0 Å². The number of aromatic nitrogens is 2. The van der Waals surface area contributed by atoms with Crippen LogP contribution >= 0.6 is 27.3 Å². The first-order valence-corrected chi connectivity index (χ1v) is 7.65. The molecule has 0 atom stereocenters. The Morgan fingerprint density at radius 2 is 2.17 bits per heavy atom. The van der Waals surface area contributed by atoms with E-state index in [9.17, 15) is 0 Å². The van der Waals surface area contributed by atoms with Crippen LogP contribution in [0.25, 0.3) is 10.6 Å². The van der Waals surface area contributed by atoms with E-state index < -0.39 is 0 Å². The molecule has 0 spiro atoms. The zero-order valence-corrected chi connectivity index (χ0v) is 13.1. The molecule has 2 aromatic rings. The fourth-order valence-corrected chi connectivity index (χ4v) is 3.13. The molecule has 2 rings (SSSR count). The first kappa shape index (κ1) is 13.5. The van der Waals surface area contributed by atoms with Gasteiger partial charge in [0.05, 0.1) is 10.6 Å². The van der Waals surface area contributed by atoms with Crippen LogP contribution in [-0.4, -0.2) is 16.5 Å². The molecule has 5 heteroatoms. The minimum Gasteiger partial charge on any atom is -0.370 e. The van der Waals surface area contributed by atoms with Gasteiger partial charge >= 0.3 is 0 Å². The average molecular weight is 326 g/mol. The molecule has 0 saturated carbocycles. The fourth-order valence-electron chi connectivity index (χ4n) is 1.59. The summed E-state index contributed by atoms with van der Waals surface area (Å²) >= 11 is 5.24. The van der Waals surface area contributed by atoms with Gasteiger partial charge in [-0.25, -0.2) is 9.97 Å². The van der Waals surface area contributed by atoms with Crippen molar-refractivity contribution < 1.29 is 0 Å². The Kier molecular flexibility index (Phi) is 4.35. The molecule has 0 fully saturated rings. The van der Waals surface area contributed by atoms with E-state index in [1.165, 1.54) is 0 Å². The minimum absolute atomic E-state index is 0.320. The van der Waals surface area contributed by atoms with Crippen LogP contribution < -0.4 is 5.32 Å². The van der Waals surface area contributed by atoms with E-state index in [2.05, 4.69) is 57.4 Å². The summed E-state index contributed by atoms with van der Waals surface area (Å²) < 4.78 is 1.09. The van der Waals surface area contributed by atoms with Gasteiger partial charge in [0, 0.05) is 23.0 Å². The van der Waals surface area contributed by atoms with E-state index in [1.54, 1.807) is 11.3 Å². The highest BCUT2D eigenvalue weighted by molar-refractivity contribution is 9.10. The summed E-state index contributed by atoms with van der Waals surface area (Å²) in [5, 5.41) is 5.32. The van der Waals surface area contributed by atoms with Gasteiger partial charge < -0.3 is 5.32 Å². The summed E-state index contributed by atoms with van der Waals surface area (Å²) in [5.41, 5.74) is 0.978. The predicted molar refractivity (Wildman–Crippen MR) is 81.3 cm³/mol. The molecule has 0 aromatic carbocycles. The SMILES string of the molecule is CCNc1cc(-c2sccc2Br)nc(C(C)C)n1. The van der Waals surface area contributed by atoms with E-state index in [0.717, 1.165) is 33.2 Å². The number of nitrogens with zero attached hydrogens (tertiary/aromatic N) is 2. The summed E-state index contributed by atoms with van der Waals surface area (Å²) in [7, 11) is 0. The highest BCUT2D eigenvalue weighted by atomic mass is 79.9. The molecule has 3 nitrogen and oxygen atoms in total. The van der Waals surface area contributed by atoms with E-state index in [4.69, 9.17) is 0 Å². The van der Waals surface area contributed by atoms with Crippen molar-refractivity contribution in [1.82, 2.24) is 9.97 Å². The van der Waals surface area contributed by atoms with E-state index in [1.807, 2.05) is 12.1 Å². The molecule has 2 aromatic heterocycles. The first-order chi connectivity index (χ1) is 8.61. The Labute approximate surface area is 120 Å². The third-order valence-electron chi connectivity index (χ3n) is 2.47. The number of thiophene rings is 1. The third kappa shape index (κ3) is 2.90. The largest absolute Gasteiger partial charge is 0.370 e. The molecule has 0 aliphatic carbocycles. The molecule has 0 radical (unpaired) electrons. The van der Waals surface area contributed by atoms with Gasteiger partial charge in [-0.1, -0.05) is 13.8 Å². The maximum absolute atomic E-state index is 4.65. The van der Waals surface area contributed by atoms with Crippen molar-refractivity contribution in [1.29, 1.82) is 0 Å². The maximum atomic E-state index is 4.65. The molecule has 1 N–H and O–H groups in total. The maximum Gasteiger partial charge on any atom is 0.133 e. The molecule has 0 saturated heterocycles. The smallest absolute Gasteiger partial charge is 0.133 e. The van der Waals surface area contributed by atoms with Crippen LogP contribution in [0.1, 0.15) is 32.5 Å². The van der Waals surface area contributed by atoms with Gasteiger partial charge in [0.2, 0.25) is 0 Å². The highest BCUT2D eigenvalue weighted by Gasteiger charge is 2.12. The van der Waals surface area contributed by atoms with Crippen LogP contribution in [0.5, 0.6) is 0 Å². The van der Waals surface area contributed by atoms with Crippen molar-refractivity contribution >= 4 is 33.1 Å².